The molecule has 0 aliphatic rings. The molecule has 0 fully saturated rings. The second-order valence-corrected chi connectivity index (χ2v) is 4.45. The standard InChI is InChI=1S/C10H24N2O5/c1-6(2)3-11-12-4-7(14)9(16)10(17)8(15)5-13/h6-17H,3-5H2,1-2H3/t7-,8+,9+,10+/m0/s1. The first-order valence-corrected chi connectivity index (χ1v) is 5.69. The Morgan fingerprint density at radius 1 is 0.824 bits per heavy atom. The molecular formula is C10H24N2O5. The summed E-state index contributed by atoms with van der Waals surface area (Å²) >= 11 is 0. The Labute approximate surface area is 101 Å². The van der Waals surface area contributed by atoms with Crippen LogP contribution in [0.3, 0.4) is 0 Å². The monoisotopic (exact) mass is 252 g/mol. The average molecular weight is 252 g/mol. The fourth-order valence-electron chi connectivity index (χ4n) is 1.14. The Balaban J connectivity index is 3.84. The molecule has 0 bridgehead atoms. The summed E-state index contributed by atoms with van der Waals surface area (Å²) in [6, 6.07) is 0. The van der Waals surface area contributed by atoms with Gasteiger partial charge in [-0.25, -0.2) is 0 Å². The molecule has 0 aromatic heterocycles. The van der Waals surface area contributed by atoms with Crippen LogP contribution in [0.2, 0.25) is 0 Å². The molecule has 0 spiro atoms. The number of rotatable bonds is 9. The van der Waals surface area contributed by atoms with Gasteiger partial charge in [0, 0.05) is 13.1 Å². The van der Waals surface area contributed by atoms with Gasteiger partial charge in [-0.15, -0.1) is 0 Å². The van der Waals surface area contributed by atoms with Crippen molar-refractivity contribution in [3.8, 4) is 0 Å². The van der Waals surface area contributed by atoms with Crippen LogP contribution in [-0.2, 0) is 0 Å². The Morgan fingerprint density at radius 3 is 1.76 bits per heavy atom. The predicted octanol–water partition coefficient (Wildman–Crippen LogP) is -2.83. The molecule has 0 rings (SSSR count). The first-order chi connectivity index (χ1) is 7.90. The van der Waals surface area contributed by atoms with Crippen molar-refractivity contribution in [3.05, 3.63) is 0 Å². The van der Waals surface area contributed by atoms with Gasteiger partial charge >= 0.3 is 0 Å². The Hall–Kier alpha value is -0.280. The van der Waals surface area contributed by atoms with E-state index >= 15 is 0 Å². The van der Waals surface area contributed by atoms with E-state index in [1.165, 1.54) is 0 Å². The highest BCUT2D eigenvalue weighted by atomic mass is 16.4. The summed E-state index contributed by atoms with van der Waals surface area (Å²) < 4.78 is 0. The van der Waals surface area contributed by atoms with Crippen molar-refractivity contribution in [3.63, 3.8) is 0 Å². The van der Waals surface area contributed by atoms with E-state index in [-0.39, 0.29) is 6.54 Å². The number of hydrazine groups is 1. The summed E-state index contributed by atoms with van der Waals surface area (Å²) in [5.41, 5.74) is 5.53. The normalized spacial score (nSPS) is 19.1. The summed E-state index contributed by atoms with van der Waals surface area (Å²) in [4.78, 5) is 0. The molecule has 4 atom stereocenters. The SMILES string of the molecule is CC(C)CNNC[C@H](O)[C@@H](O)[C@H](O)[C@H](O)CO. The maximum Gasteiger partial charge on any atom is 0.111 e. The Bertz CT molecular complexity index is 194. The van der Waals surface area contributed by atoms with Crippen LogP contribution in [0, 0.1) is 5.92 Å². The minimum Gasteiger partial charge on any atom is -0.394 e. The van der Waals surface area contributed by atoms with E-state index in [9.17, 15) is 15.3 Å². The summed E-state index contributed by atoms with van der Waals surface area (Å²) in [6.45, 7) is 4.07. The first-order valence-electron chi connectivity index (χ1n) is 5.69. The fourth-order valence-corrected chi connectivity index (χ4v) is 1.14. The van der Waals surface area contributed by atoms with Gasteiger partial charge in [-0.1, -0.05) is 13.8 Å². The molecule has 0 unspecified atom stereocenters. The maximum absolute atomic E-state index is 9.49. The largest absolute Gasteiger partial charge is 0.394 e. The van der Waals surface area contributed by atoms with Gasteiger partial charge in [0.1, 0.15) is 18.3 Å². The van der Waals surface area contributed by atoms with Gasteiger partial charge in [0.05, 0.1) is 12.7 Å². The van der Waals surface area contributed by atoms with Crippen molar-refractivity contribution in [1.82, 2.24) is 10.9 Å². The third-order valence-electron chi connectivity index (χ3n) is 2.27. The van der Waals surface area contributed by atoms with E-state index in [1.54, 1.807) is 0 Å². The molecule has 0 aliphatic heterocycles. The van der Waals surface area contributed by atoms with Crippen LogP contribution in [0.15, 0.2) is 0 Å². The Kier molecular flexibility index (Phi) is 8.61. The number of nitrogens with one attached hydrogen (secondary N) is 2. The van der Waals surface area contributed by atoms with Crippen molar-refractivity contribution in [2.45, 2.75) is 38.3 Å². The lowest BCUT2D eigenvalue weighted by Gasteiger charge is -2.25. The lowest BCUT2D eigenvalue weighted by molar-refractivity contribution is -0.114. The van der Waals surface area contributed by atoms with E-state index in [4.69, 9.17) is 10.2 Å². The molecule has 0 saturated carbocycles. The fraction of sp³-hybridized carbons (Fsp3) is 1.00. The smallest absolute Gasteiger partial charge is 0.111 e. The molecule has 104 valence electrons. The van der Waals surface area contributed by atoms with Gasteiger partial charge in [0.15, 0.2) is 0 Å². The molecule has 0 saturated heterocycles. The zero-order valence-corrected chi connectivity index (χ0v) is 10.2. The summed E-state index contributed by atoms with van der Waals surface area (Å²) in [5.74, 6) is 0.436. The lowest BCUT2D eigenvalue weighted by atomic mass is 10.0. The molecule has 0 aliphatic carbocycles. The van der Waals surface area contributed by atoms with Crippen molar-refractivity contribution in [2.75, 3.05) is 19.7 Å². The summed E-state index contributed by atoms with van der Waals surface area (Å²) in [5, 5.41) is 45.9. The lowest BCUT2D eigenvalue weighted by Crippen LogP contribution is -2.51. The molecule has 17 heavy (non-hydrogen) atoms. The van der Waals surface area contributed by atoms with Crippen LogP contribution < -0.4 is 10.9 Å². The van der Waals surface area contributed by atoms with Gasteiger partial charge in [-0.05, 0) is 5.92 Å². The van der Waals surface area contributed by atoms with E-state index in [1.807, 2.05) is 13.8 Å². The second-order valence-electron chi connectivity index (χ2n) is 4.45. The van der Waals surface area contributed by atoms with Crippen LogP contribution >= 0.6 is 0 Å². The average Bonchev–Trinajstić information content (AvgIpc) is 2.31. The third-order valence-corrected chi connectivity index (χ3v) is 2.27. The van der Waals surface area contributed by atoms with Gasteiger partial charge in [-0.2, -0.15) is 0 Å². The molecule has 7 nitrogen and oxygen atoms in total. The van der Waals surface area contributed by atoms with Crippen molar-refractivity contribution >= 4 is 0 Å². The quantitative estimate of drug-likeness (QED) is 0.174. The van der Waals surface area contributed by atoms with Crippen LogP contribution in [0.1, 0.15) is 13.8 Å². The predicted molar refractivity (Wildman–Crippen MR) is 62.0 cm³/mol. The highest BCUT2D eigenvalue weighted by Crippen LogP contribution is 2.04. The molecule has 7 N–H and O–H groups in total. The number of hydrogen-bond acceptors (Lipinski definition) is 7. The van der Waals surface area contributed by atoms with Crippen LogP contribution in [0.5, 0.6) is 0 Å². The first kappa shape index (κ1) is 16.7. The molecule has 0 aromatic rings. The van der Waals surface area contributed by atoms with Crippen molar-refractivity contribution in [2.24, 2.45) is 5.92 Å². The van der Waals surface area contributed by atoms with E-state index < -0.39 is 31.0 Å². The number of aliphatic hydroxyl groups is 5. The van der Waals surface area contributed by atoms with Crippen LogP contribution in [0.25, 0.3) is 0 Å². The molecule has 0 amide bonds. The second kappa shape index (κ2) is 8.76. The number of hydrogen-bond donors (Lipinski definition) is 7. The highest BCUT2D eigenvalue weighted by Gasteiger charge is 2.29. The maximum atomic E-state index is 9.49. The number of aliphatic hydroxyl groups excluding tert-OH is 5. The third kappa shape index (κ3) is 6.89. The minimum atomic E-state index is -1.58. The zero-order chi connectivity index (χ0) is 13.4. The van der Waals surface area contributed by atoms with Crippen LogP contribution in [0.4, 0.5) is 0 Å². The molecule has 7 heteroatoms. The van der Waals surface area contributed by atoms with Crippen molar-refractivity contribution < 1.29 is 25.5 Å². The van der Waals surface area contributed by atoms with Gasteiger partial charge in [0.25, 0.3) is 0 Å². The molecule has 0 aromatic carbocycles. The minimum absolute atomic E-state index is 0.0170. The van der Waals surface area contributed by atoms with Crippen LogP contribution in [-0.4, -0.2) is 69.6 Å². The summed E-state index contributed by atoms with van der Waals surface area (Å²) in [6.07, 6.45) is -5.82. The highest BCUT2D eigenvalue weighted by molar-refractivity contribution is 4.81. The van der Waals surface area contributed by atoms with Gasteiger partial charge in [-0.3, -0.25) is 10.9 Å². The topological polar surface area (TPSA) is 125 Å². The van der Waals surface area contributed by atoms with Crippen molar-refractivity contribution in [1.29, 1.82) is 0 Å². The molecule has 0 heterocycles. The van der Waals surface area contributed by atoms with E-state index in [0.29, 0.717) is 12.5 Å². The molecule has 0 radical (unpaired) electrons. The van der Waals surface area contributed by atoms with Gasteiger partial charge < -0.3 is 25.5 Å². The molecular weight excluding hydrogens is 228 g/mol. The van der Waals surface area contributed by atoms with E-state index in [2.05, 4.69) is 10.9 Å². The summed E-state index contributed by atoms with van der Waals surface area (Å²) in [7, 11) is 0. The Morgan fingerprint density at radius 2 is 1.29 bits per heavy atom. The van der Waals surface area contributed by atoms with E-state index in [0.717, 1.165) is 0 Å². The zero-order valence-electron chi connectivity index (χ0n) is 10.2. The van der Waals surface area contributed by atoms with Gasteiger partial charge in [0.2, 0.25) is 0 Å².